The summed E-state index contributed by atoms with van der Waals surface area (Å²) >= 11 is 3.25. The third-order valence-corrected chi connectivity index (χ3v) is 3.89. The van der Waals surface area contributed by atoms with Crippen molar-refractivity contribution >= 4 is 27.0 Å². The number of rotatable bonds is 3. The van der Waals surface area contributed by atoms with E-state index in [0.717, 1.165) is 11.0 Å². The molecule has 1 atom stereocenters. The van der Waals surface area contributed by atoms with Crippen LogP contribution >= 0.6 is 15.9 Å². The fourth-order valence-electron chi connectivity index (χ4n) is 2.40. The van der Waals surface area contributed by atoms with Crippen molar-refractivity contribution in [2.24, 2.45) is 0 Å². The highest BCUT2D eigenvalue weighted by Crippen LogP contribution is 2.23. The van der Waals surface area contributed by atoms with Gasteiger partial charge in [0.15, 0.2) is 0 Å². The fraction of sp³-hybridized carbons (Fsp3) is 0.188. The molecule has 1 N–H and O–H groups in total. The van der Waals surface area contributed by atoms with Gasteiger partial charge in [-0.25, -0.2) is 9.37 Å². The van der Waals surface area contributed by atoms with E-state index in [4.69, 9.17) is 0 Å². The summed E-state index contributed by atoms with van der Waals surface area (Å²) in [5.74, 6) is 0.261. The van der Waals surface area contributed by atoms with E-state index >= 15 is 0 Å². The summed E-state index contributed by atoms with van der Waals surface area (Å²) in [6.45, 7) is 2.00. The lowest BCUT2D eigenvalue weighted by Crippen LogP contribution is -2.09. The third-order valence-electron chi connectivity index (χ3n) is 3.40. The predicted octanol–water partition coefficient (Wildman–Crippen LogP) is 4.04. The molecular formula is C16H14BrFN2O. The van der Waals surface area contributed by atoms with Crippen LogP contribution in [0.25, 0.3) is 11.0 Å². The molecule has 3 rings (SSSR count). The zero-order valence-electron chi connectivity index (χ0n) is 11.4. The standard InChI is InChI=1S/C16H14BrFN2O/c1-10(21)16-19-14-4-2-3-5-15(14)20(16)9-11-6-7-12(17)8-13(11)18/h2-8,10,21H,9H2,1H3. The Morgan fingerprint density at radius 1 is 1.29 bits per heavy atom. The Balaban J connectivity index is 2.12. The average molecular weight is 349 g/mol. The molecule has 0 radical (unpaired) electrons. The normalized spacial score (nSPS) is 12.8. The second-order valence-corrected chi connectivity index (χ2v) is 5.87. The lowest BCUT2D eigenvalue weighted by molar-refractivity contribution is 0.185. The summed E-state index contributed by atoms with van der Waals surface area (Å²) in [6.07, 6.45) is -0.712. The van der Waals surface area contributed by atoms with Crippen LogP contribution in [0.3, 0.4) is 0 Å². The van der Waals surface area contributed by atoms with Crippen LogP contribution in [0.15, 0.2) is 46.9 Å². The second kappa shape index (κ2) is 5.58. The molecule has 5 heteroatoms. The van der Waals surface area contributed by atoms with Gasteiger partial charge in [0.2, 0.25) is 0 Å². The molecule has 0 aliphatic rings. The van der Waals surface area contributed by atoms with Crippen LogP contribution in [0.5, 0.6) is 0 Å². The van der Waals surface area contributed by atoms with E-state index in [1.165, 1.54) is 6.07 Å². The van der Waals surface area contributed by atoms with Crippen LogP contribution in [0.2, 0.25) is 0 Å². The van der Waals surface area contributed by atoms with E-state index in [9.17, 15) is 9.50 Å². The highest BCUT2D eigenvalue weighted by Gasteiger charge is 2.16. The lowest BCUT2D eigenvalue weighted by atomic mass is 10.2. The Bertz CT molecular complexity index is 798. The summed E-state index contributed by atoms with van der Waals surface area (Å²) in [5, 5.41) is 9.91. The zero-order chi connectivity index (χ0) is 15.0. The SMILES string of the molecule is CC(O)c1nc2ccccc2n1Cc1ccc(Br)cc1F. The van der Waals surface area contributed by atoms with E-state index in [1.807, 2.05) is 28.8 Å². The minimum Gasteiger partial charge on any atom is -0.385 e. The Labute approximate surface area is 130 Å². The van der Waals surface area contributed by atoms with Gasteiger partial charge in [0.05, 0.1) is 17.6 Å². The van der Waals surface area contributed by atoms with Gasteiger partial charge < -0.3 is 9.67 Å². The molecule has 0 saturated carbocycles. The first-order valence-corrected chi connectivity index (χ1v) is 7.42. The molecule has 1 unspecified atom stereocenters. The summed E-state index contributed by atoms with van der Waals surface area (Å²) in [7, 11) is 0. The largest absolute Gasteiger partial charge is 0.385 e. The van der Waals surface area contributed by atoms with Gasteiger partial charge in [-0.05, 0) is 31.2 Å². The van der Waals surface area contributed by atoms with Gasteiger partial charge >= 0.3 is 0 Å². The van der Waals surface area contributed by atoms with Gasteiger partial charge in [-0.3, -0.25) is 0 Å². The smallest absolute Gasteiger partial charge is 0.138 e. The van der Waals surface area contributed by atoms with Crippen LogP contribution in [0.4, 0.5) is 4.39 Å². The predicted molar refractivity (Wildman–Crippen MR) is 83.6 cm³/mol. The van der Waals surface area contributed by atoms with E-state index in [1.54, 1.807) is 19.1 Å². The molecule has 0 amide bonds. The first-order valence-electron chi connectivity index (χ1n) is 6.63. The Kier molecular flexibility index (Phi) is 3.78. The maximum Gasteiger partial charge on any atom is 0.138 e. The summed E-state index contributed by atoms with van der Waals surface area (Å²) in [5.41, 5.74) is 2.24. The number of nitrogens with zero attached hydrogens (tertiary/aromatic N) is 2. The number of hydrogen-bond donors (Lipinski definition) is 1. The first kappa shape index (κ1) is 14.2. The summed E-state index contributed by atoms with van der Waals surface area (Å²) in [6, 6.07) is 12.6. The van der Waals surface area contributed by atoms with Crippen molar-refractivity contribution in [3.63, 3.8) is 0 Å². The number of aromatic nitrogens is 2. The second-order valence-electron chi connectivity index (χ2n) is 4.96. The number of aliphatic hydroxyl groups is 1. The average Bonchev–Trinajstić information content (AvgIpc) is 2.81. The van der Waals surface area contributed by atoms with Crippen molar-refractivity contribution < 1.29 is 9.50 Å². The number of hydrogen-bond acceptors (Lipinski definition) is 2. The minimum atomic E-state index is -0.712. The van der Waals surface area contributed by atoms with Crippen LogP contribution in [-0.2, 0) is 6.54 Å². The molecule has 0 aliphatic heterocycles. The molecule has 108 valence electrons. The van der Waals surface area contributed by atoms with Gasteiger partial charge in [-0.1, -0.05) is 34.1 Å². The molecular weight excluding hydrogens is 335 g/mol. The maximum atomic E-state index is 14.0. The molecule has 21 heavy (non-hydrogen) atoms. The highest BCUT2D eigenvalue weighted by atomic mass is 79.9. The molecule has 0 spiro atoms. The van der Waals surface area contributed by atoms with Gasteiger partial charge in [-0.2, -0.15) is 0 Å². The third kappa shape index (κ3) is 2.71. The maximum absolute atomic E-state index is 14.0. The van der Waals surface area contributed by atoms with Gasteiger partial charge in [-0.15, -0.1) is 0 Å². The number of para-hydroxylation sites is 2. The molecule has 3 nitrogen and oxygen atoms in total. The van der Waals surface area contributed by atoms with Gasteiger partial charge in [0, 0.05) is 10.0 Å². The minimum absolute atomic E-state index is 0.279. The van der Waals surface area contributed by atoms with Crippen molar-refractivity contribution in [3.05, 3.63) is 64.1 Å². The monoisotopic (exact) mass is 348 g/mol. The molecule has 0 fully saturated rings. The highest BCUT2D eigenvalue weighted by molar-refractivity contribution is 9.10. The van der Waals surface area contributed by atoms with Crippen molar-refractivity contribution in [2.75, 3.05) is 0 Å². The Morgan fingerprint density at radius 3 is 2.76 bits per heavy atom. The van der Waals surface area contributed by atoms with E-state index in [-0.39, 0.29) is 5.82 Å². The van der Waals surface area contributed by atoms with E-state index < -0.39 is 6.10 Å². The number of imidazole rings is 1. The molecule has 0 saturated heterocycles. The molecule has 1 heterocycles. The van der Waals surface area contributed by atoms with E-state index in [0.29, 0.717) is 22.4 Å². The number of benzene rings is 2. The van der Waals surface area contributed by atoms with Crippen molar-refractivity contribution in [1.82, 2.24) is 9.55 Å². The van der Waals surface area contributed by atoms with Crippen LogP contribution < -0.4 is 0 Å². The zero-order valence-corrected chi connectivity index (χ0v) is 13.0. The quantitative estimate of drug-likeness (QED) is 0.775. The topological polar surface area (TPSA) is 38.1 Å². The fourth-order valence-corrected chi connectivity index (χ4v) is 2.73. The summed E-state index contributed by atoms with van der Waals surface area (Å²) in [4.78, 5) is 4.44. The Morgan fingerprint density at radius 2 is 2.05 bits per heavy atom. The van der Waals surface area contributed by atoms with E-state index in [2.05, 4.69) is 20.9 Å². The van der Waals surface area contributed by atoms with Crippen molar-refractivity contribution in [2.45, 2.75) is 19.6 Å². The Hall–Kier alpha value is -1.72. The van der Waals surface area contributed by atoms with Crippen LogP contribution in [-0.4, -0.2) is 14.7 Å². The number of fused-ring (bicyclic) bond motifs is 1. The molecule has 1 aromatic heterocycles. The van der Waals surface area contributed by atoms with Gasteiger partial charge in [0.1, 0.15) is 17.7 Å². The van der Waals surface area contributed by atoms with Crippen LogP contribution in [0.1, 0.15) is 24.4 Å². The molecule has 2 aromatic carbocycles. The van der Waals surface area contributed by atoms with Crippen molar-refractivity contribution in [1.29, 1.82) is 0 Å². The molecule has 0 bridgehead atoms. The summed E-state index contributed by atoms with van der Waals surface area (Å²) < 4.78 is 16.6. The first-order chi connectivity index (χ1) is 10.1. The lowest BCUT2D eigenvalue weighted by Gasteiger charge is -2.12. The van der Waals surface area contributed by atoms with Gasteiger partial charge in [0.25, 0.3) is 0 Å². The number of aliphatic hydroxyl groups excluding tert-OH is 1. The molecule has 0 aliphatic carbocycles. The molecule has 3 aromatic rings. The number of halogens is 2. The van der Waals surface area contributed by atoms with Crippen LogP contribution in [0, 0.1) is 5.82 Å². The van der Waals surface area contributed by atoms with Crippen molar-refractivity contribution in [3.8, 4) is 0 Å².